The highest BCUT2D eigenvalue weighted by Gasteiger charge is 2.18. The zero-order chi connectivity index (χ0) is 26.5. The highest BCUT2D eigenvalue weighted by Crippen LogP contribution is 2.29. The highest BCUT2D eigenvalue weighted by atomic mass is 16.5. The standard InChI is InChI=1S/C28H32N6O3/c1-18(29-5)7-8-20(3)37-23-9-12-27-25(16-30-33(27)17-23)26-11-10-24(21(4)35)28(31-26)34-19(2)15-22(32-34)13-14-36-6/h7-12,15-17,21,35H,5,13-14H2,1-4,6H3/b18-7-,20-8+. The first-order chi connectivity index (χ1) is 17.8. The number of hydrogen-bond donors (Lipinski definition) is 1. The Hall–Kier alpha value is -4.08. The summed E-state index contributed by atoms with van der Waals surface area (Å²) in [4.78, 5) is 8.79. The zero-order valence-corrected chi connectivity index (χ0v) is 21.8. The minimum absolute atomic E-state index is 0.582. The van der Waals surface area contributed by atoms with E-state index in [9.17, 15) is 5.11 Å². The third-order valence-electron chi connectivity index (χ3n) is 5.91. The van der Waals surface area contributed by atoms with Crippen LogP contribution in [0.15, 0.2) is 71.3 Å². The molecule has 9 heteroatoms. The maximum atomic E-state index is 10.4. The van der Waals surface area contributed by atoms with E-state index in [0.29, 0.717) is 35.9 Å². The molecule has 4 aromatic rings. The van der Waals surface area contributed by atoms with Crippen LogP contribution in [-0.2, 0) is 11.2 Å². The predicted octanol–water partition coefficient (Wildman–Crippen LogP) is 5.02. The fourth-order valence-corrected chi connectivity index (χ4v) is 3.92. The molecule has 9 nitrogen and oxygen atoms in total. The molecule has 4 rings (SSSR count). The molecule has 0 aliphatic rings. The first kappa shape index (κ1) is 26.0. The Morgan fingerprint density at radius 3 is 2.76 bits per heavy atom. The SMILES string of the molecule is C=N/C(C)=C\C=C(/C)Oc1ccc2c(-c3ccc(C(C)O)c(-n4nc(CCOC)cc4C)n3)cnn2c1. The second-order valence-corrected chi connectivity index (χ2v) is 8.82. The van der Waals surface area contributed by atoms with Gasteiger partial charge in [0.2, 0.25) is 0 Å². The second-order valence-electron chi connectivity index (χ2n) is 8.82. The smallest absolute Gasteiger partial charge is 0.160 e. The second kappa shape index (κ2) is 11.3. The molecule has 0 aromatic carbocycles. The Bertz CT molecular complexity index is 1480. The summed E-state index contributed by atoms with van der Waals surface area (Å²) in [5, 5.41) is 19.7. The fourth-order valence-electron chi connectivity index (χ4n) is 3.92. The fraction of sp³-hybridized carbons (Fsp3) is 0.286. The van der Waals surface area contributed by atoms with Gasteiger partial charge in [-0.3, -0.25) is 4.99 Å². The van der Waals surface area contributed by atoms with Gasteiger partial charge in [0.15, 0.2) is 5.82 Å². The van der Waals surface area contributed by atoms with Crippen molar-refractivity contribution in [1.29, 1.82) is 0 Å². The van der Waals surface area contributed by atoms with Crippen molar-refractivity contribution < 1.29 is 14.6 Å². The van der Waals surface area contributed by atoms with Crippen molar-refractivity contribution in [3.05, 3.63) is 83.3 Å². The minimum atomic E-state index is -0.705. The Labute approximate surface area is 216 Å². The van der Waals surface area contributed by atoms with Crippen LogP contribution in [0, 0.1) is 6.92 Å². The van der Waals surface area contributed by atoms with Crippen molar-refractivity contribution in [3.63, 3.8) is 0 Å². The van der Waals surface area contributed by atoms with Crippen LogP contribution >= 0.6 is 0 Å². The first-order valence-corrected chi connectivity index (χ1v) is 12.0. The average molecular weight is 501 g/mol. The van der Waals surface area contributed by atoms with Crippen LogP contribution in [0.25, 0.3) is 22.6 Å². The van der Waals surface area contributed by atoms with Crippen molar-refractivity contribution in [2.45, 2.75) is 40.2 Å². The number of rotatable bonds is 10. The Morgan fingerprint density at radius 1 is 1.22 bits per heavy atom. The van der Waals surface area contributed by atoms with Crippen LogP contribution in [-0.4, -0.2) is 49.9 Å². The van der Waals surface area contributed by atoms with E-state index in [1.165, 1.54) is 0 Å². The Morgan fingerprint density at radius 2 is 2.03 bits per heavy atom. The van der Waals surface area contributed by atoms with Crippen LogP contribution in [0.3, 0.4) is 0 Å². The van der Waals surface area contributed by atoms with E-state index in [2.05, 4.69) is 16.8 Å². The van der Waals surface area contributed by atoms with Gasteiger partial charge < -0.3 is 14.6 Å². The van der Waals surface area contributed by atoms with Gasteiger partial charge in [-0.25, -0.2) is 14.2 Å². The number of fused-ring (bicyclic) bond motifs is 1. The number of aliphatic hydroxyl groups excluding tert-OH is 1. The zero-order valence-electron chi connectivity index (χ0n) is 21.8. The molecule has 0 saturated heterocycles. The molecule has 0 fully saturated rings. The maximum absolute atomic E-state index is 10.4. The molecular formula is C28H32N6O3. The van der Waals surface area contributed by atoms with Crippen molar-refractivity contribution in [1.82, 2.24) is 24.4 Å². The van der Waals surface area contributed by atoms with E-state index in [-0.39, 0.29) is 0 Å². The summed E-state index contributed by atoms with van der Waals surface area (Å²) >= 11 is 0. The normalized spacial score (nSPS) is 13.2. The molecule has 0 amide bonds. The molecule has 0 aliphatic heterocycles. The van der Waals surface area contributed by atoms with Gasteiger partial charge in [-0.05, 0) is 70.8 Å². The van der Waals surface area contributed by atoms with E-state index in [1.54, 1.807) is 29.4 Å². The summed E-state index contributed by atoms with van der Waals surface area (Å²) in [6.07, 6.45) is 7.27. The average Bonchev–Trinajstić information content (AvgIpc) is 3.48. The van der Waals surface area contributed by atoms with E-state index >= 15 is 0 Å². The number of aryl methyl sites for hydroxylation is 1. The summed E-state index contributed by atoms with van der Waals surface area (Å²) in [5.41, 5.74) is 5.79. The van der Waals surface area contributed by atoms with Crippen molar-refractivity contribution >= 4 is 12.2 Å². The molecule has 192 valence electrons. The molecule has 0 bridgehead atoms. The van der Waals surface area contributed by atoms with Gasteiger partial charge in [-0.1, -0.05) is 6.07 Å². The number of ether oxygens (including phenoxy) is 2. The van der Waals surface area contributed by atoms with Crippen LogP contribution in [0.5, 0.6) is 5.75 Å². The number of aliphatic hydroxyl groups is 1. The summed E-state index contributed by atoms with van der Waals surface area (Å²) in [6.45, 7) is 11.5. The summed E-state index contributed by atoms with van der Waals surface area (Å²) in [5.74, 6) is 1.96. The number of methoxy groups -OCH3 is 1. The van der Waals surface area contributed by atoms with E-state index in [1.807, 2.05) is 69.5 Å². The van der Waals surface area contributed by atoms with Crippen molar-refractivity contribution in [2.75, 3.05) is 13.7 Å². The summed E-state index contributed by atoms with van der Waals surface area (Å²) < 4.78 is 14.7. The van der Waals surface area contributed by atoms with E-state index < -0.39 is 6.10 Å². The molecule has 1 unspecified atom stereocenters. The highest BCUT2D eigenvalue weighted by molar-refractivity contribution is 5.78. The van der Waals surface area contributed by atoms with Gasteiger partial charge in [-0.15, -0.1) is 0 Å². The lowest BCUT2D eigenvalue weighted by atomic mass is 10.1. The van der Waals surface area contributed by atoms with Gasteiger partial charge in [0.05, 0.1) is 42.0 Å². The molecule has 0 saturated carbocycles. The Kier molecular flexibility index (Phi) is 7.95. The third-order valence-corrected chi connectivity index (χ3v) is 5.91. The van der Waals surface area contributed by atoms with Gasteiger partial charge >= 0.3 is 0 Å². The molecule has 37 heavy (non-hydrogen) atoms. The lowest BCUT2D eigenvalue weighted by Crippen LogP contribution is -2.09. The lowest BCUT2D eigenvalue weighted by Gasteiger charge is -2.14. The van der Waals surface area contributed by atoms with E-state index in [0.717, 1.165) is 33.9 Å². The number of aromatic nitrogens is 5. The van der Waals surface area contributed by atoms with Crippen molar-refractivity contribution in [3.8, 4) is 22.8 Å². The molecule has 1 atom stereocenters. The van der Waals surface area contributed by atoms with Crippen molar-refractivity contribution in [2.24, 2.45) is 4.99 Å². The van der Waals surface area contributed by atoms with Gasteiger partial charge in [0.25, 0.3) is 0 Å². The van der Waals surface area contributed by atoms with Gasteiger partial charge in [-0.2, -0.15) is 10.2 Å². The molecule has 0 aliphatic carbocycles. The molecule has 4 heterocycles. The van der Waals surface area contributed by atoms with Gasteiger partial charge in [0, 0.05) is 36.0 Å². The monoisotopic (exact) mass is 500 g/mol. The summed E-state index contributed by atoms with van der Waals surface area (Å²) in [7, 11) is 1.67. The summed E-state index contributed by atoms with van der Waals surface area (Å²) in [6, 6.07) is 9.64. The lowest BCUT2D eigenvalue weighted by molar-refractivity contribution is 0.198. The maximum Gasteiger partial charge on any atom is 0.160 e. The quantitative estimate of drug-likeness (QED) is 0.186. The third kappa shape index (κ3) is 5.84. The molecule has 1 N–H and O–H groups in total. The topological polar surface area (TPSA) is 99.1 Å². The number of nitrogens with zero attached hydrogens (tertiary/aromatic N) is 6. The van der Waals surface area contributed by atoms with Crippen LogP contribution < -0.4 is 4.74 Å². The minimum Gasteiger partial charge on any atom is -0.460 e. The number of aliphatic imine (C=N–C) groups is 1. The molecule has 0 radical (unpaired) electrons. The Balaban J connectivity index is 1.69. The van der Waals surface area contributed by atoms with Crippen LogP contribution in [0.2, 0.25) is 0 Å². The molecular weight excluding hydrogens is 468 g/mol. The number of allylic oxidation sites excluding steroid dienone is 4. The molecule has 0 spiro atoms. The number of hydrogen-bond acceptors (Lipinski definition) is 7. The first-order valence-electron chi connectivity index (χ1n) is 12.0. The molecule has 4 aromatic heterocycles. The van der Waals surface area contributed by atoms with Crippen LogP contribution in [0.1, 0.15) is 43.8 Å². The largest absolute Gasteiger partial charge is 0.460 e. The van der Waals surface area contributed by atoms with E-state index in [4.69, 9.17) is 19.6 Å². The van der Waals surface area contributed by atoms with Crippen LogP contribution in [0.4, 0.5) is 0 Å². The predicted molar refractivity (Wildman–Crippen MR) is 144 cm³/mol. The van der Waals surface area contributed by atoms with Gasteiger partial charge in [0.1, 0.15) is 11.5 Å². The number of pyridine rings is 2.